The van der Waals surface area contributed by atoms with Crippen LogP contribution in [-0.4, -0.2) is 24.0 Å². The fourth-order valence-corrected chi connectivity index (χ4v) is 3.54. The van der Waals surface area contributed by atoms with E-state index in [9.17, 15) is 13.2 Å². The number of hydrogen-bond donors (Lipinski definition) is 2. The molecule has 1 aliphatic carbocycles. The summed E-state index contributed by atoms with van der Waals surface area (Å²) in [7, 11) is 0. The zero-order valence-corrected chi connectivity index (χ0v) is 17.9. The van der Waals surface area contributed by atoms with Crippen LogP contribution < -0.4 is 10.6 Å². The number of rotatable bonds is 6. The van der Waals surface area contributed by atoms with Crippen LogP contribution >= 0.6 is 35.3 Å². The van der Waals surface area contributed by atoms with E-state index >= 15 is 0 Å². The number of nitrogens with zero attached hydrogens (tertiary/aromatic N) is 2. The van der Waals surface area contributed by atoms with Gasteiger partial charge < -0.3 is 10.6 Å². The Morgan fingerprint density at radius 1 is 1.26 bits per heavy atom. The van der Waals surface area contributed by atoms with Gasteiger partial charge in [0.05, 0.1) is 6.54 Å². The van der Waals surface area contributed by atoms with Gasteiger partial charge in [-0.3, -0.25) is 0 Å². The van der Waals surface area contributed by atoms with Crippen molar-refractivity contribution in [1.82, 2.24) is 15.6 Å². The third kappa shape index (κ3) is 6.34. The van der Waals surface area contributed by atoms with Crippen molar-refractivity contribution >= 4 is 41.3 Å². The molecule has 0 bridgehead atoms. The predicted octanol–water partition coefficient (Wildman–Crippen LogP) is 4.64. The summed E-state index contributed by atoms with van der Waals surface area (Å²) in [6.07, 6.45) is -3.27. The lowest BCUT2D eigenvalue weighted by atomic mass is 10.1. The van der Waals surface area contributed by atoms with E-state index < -0.39 is 11.9 Å². The number of aromatic nitrogens is 1. The highest BCUT2D eigenvalue weighted by Crippen LogP contribution is 2.46. The van der Waals surface area contributed by atoms with E-state index in [1.165, 1.54) is 5.56 Å². The summed E-state index contributed by atoms with van der Waals surface area (Å²) in [5, 5.41) is 7.78. The van der Waals surface area contributed by atoms with Crippen LogP contribution in [0.15, 0.2) is 40.7 Å². The van der Waals surface area contributed by atoms with Crippen LogP contribution in [0.25, 0.3) is 0 Å². The Kier molecular flexibility index (Phi) is 7.90. The maximum absolute atomic E-state index is 12.6. The minimum Gasteiger partial charge on any atom is -0.357 e. The second-order valence-corrected chi connectivity index (χ2v) is 7.16. The highest BCUT2D eigenvalue weighted by atomic mass is 127. The van der Waals surface area contributed by atoms with Crippen molar-refractivity contribution in [2.45, 2.75) is 32.0 Å². The average molecular weight is 510 g/mol. The molecule has 27 heavy (non-hydrogen) atoms. The number of nitrogens with one attached hydrogen (secondary N) is 2. The van der Waals surface area contributed by atoms with Crippen molar-refractivity contribution in [2.75, 3.05) is 13.1 Å². The fourth-order valence-electron chi connectivity index (χ4n) is 2.81. The van der Waals surface area contributed by atoms with Crippen molar-refractivity contribution in [3.63, 3.8) is 0 Å². The summed E-state index contributed by atoms with van der Waals surface area (Å²) in [6.45, 7) is 3.55. The lowest BCUT2D eigenvalue weighted by Gasteiger charge is -2.11. The molecule has 4 nitrogen and oxygen atoms in total. The molecule has 2 N–H and O–H groups in total. The first-order chi connectivity index (χ1) is 12.5. The van der Waals surface area contributed by atoms with Crippen LogP contribution in [0.1, 0.15) is 35.5 Å². The number of aliphatic imine (C=N–C) groups is 1. The maximum atomic E-state index is 12.6. The van der Waals surface area contributed by atoms with Crippen molar-refractivity contribution in [2.24, 2.45) is 10.9 Å². The van der Waals surface area contributed by atoms with Crippen molar-refractivity contribution < 1.29 is 13.2 Å². The van der Waals surface area contributed by atoms with Gasteiger partial charge in [-0.1, -0.05) is 30.3 Å². The number of hydrogen-bond acceptors (Lipinski definition) is 3. The molecule has 0 amide bonds. The zero-order chi connectivity index (χ0) is 18.6. The topological polar surface area (TPSA) is 49.3 Å². The van der Waals surface area contributed by atoms with Crippen LogP contribution in [0, 0.1) is 5.92 Å². The summed E-state index contributed by atoms with van der Waals surface area (Å²) in [5.41, 5.74) is 0.498. The lowest BCUT2D eigenvalue weighted by Crippen LogP contribution is -2.38. The van der Waals surface area contributed by atoms with Gasteiger partial charge in [0.1, 0.15) is 5.01 Å². The van der Waals surface area contributed by atoms with Gasteiger partial charge in [0.25, 0.3) is 0 Å². The molecule has 9 heteroatoms. The zero-order valence-electron chi connectivity index (χ0n) is 14.8. The van der Waals surface area contributed by atoms with E-state index in [0.717, 1.165) is 29.7 Å². The number of thiazole rings is 1. The first kappa shape index (κ1) is 21.9. The molecule has 2 aromatic rings. The van der Waals surface area contributed by atoms with Gasteiger partial charge >= 0.3 is 6.18 Å². The van der Waals surface area contributed by atoms with Gasteiger partial charge in [0, 0.05) is 18.5 Å². The Balaban J connectivity index is 0.00000261. The third-order valence-corrected chi connectivity index (χ3v) is 5.07. The standard InChI is InChI=1S/C18H21F3N4S.HI/c1-2-22-17(24-10-16-25-15(11-26-16)18(19,20)21)23-9-13-8-14(13)12-6-4-3-5-7-12;/h3-7,11,13-14H,2,8-10H2,1H3,(H2,22,23,24);1H. The van der Waals surface area contributed by atoms with Crippen LogP contribution in [0.3, 0.4) is 0 Å². The van der Waals surface area contributed by atoms with Gasteiger partial charge in [-0.15, -0.1) is 35.3 Å². The molecule has 1 aromatic carbocycles. The molecule has 1 aromatic heterocycles. The quantitative estimate of drug-likeness (QED) is 0.339. The number of benzene rings is 1. The molecule has 0 aliphatic heterocycles. The van der Waals surface area contributed by atoms with E-state index in [1.54, 1.807) is 0 Å². The SMILES string of the molecule is CCNC(=NCc1nc(C(F)(F)F)cs1)NCC1CC1c1ccccc1.I. The molecule has 1 saturated carbocycles. The molecule has 1 aliphatic rings. The Morgan fingerprint density at radius 2 is 2.00 bits per heavy atom. The van der Waals surface area contributed by atoms with Crippen LogP contribution in [0.5, 0.6) is 0 Å². The Morgan fingerprint density at radius 3 is 2.63 bits per heavy atom. The van der Waals surface area contributed by atoms with Crippen LogP contribution in [-0.2, 0) is 12.7 Å². The predicted molar refractivity (Wildman–Crippen MR) is 113 cm³/mol. The van der Waals surface area contributed by atoms with E-state index in [-0.39, 0.29) is 30.5 Å². The van der Waals surface area contributed by atoms with Crippen LogP contribution in [0.4, 0.5) is 13.2 Å². The van der Waals surface area contributed by atoms with E-state index in [2.05, 4.69) is 32.7 Å². The molecule has 0 saturated heterocycles. The van der Waals surface area contributed by atoms with Gasteiger partial charge in [0.2, 0.25) is 0 Å². The largest absolute Gasteiger partial charge is 0.434 e. The minimum atomic E-state index is -4.40. The van der Waals surface area contributed by atoms with E-state index in [1.807, 2.05) is 25.1 Å². The molecule has 2 unspecified atom stereocenters. The minimum absolute atomic E-state index is 0. The van der Waals surface area contributed by atoms with Gasteiger partial charge in [-0.25, -0.2) is 9.98 Å². The van der Waals surface area contributed by atoms with Gasteiger partial charge in [-0.05, 0) is 30.7 Å². The van der Waals surface area contributed by atoms with Crippen molar-refractivity contribution in [1.29, 1.82) is 0 Å². The molecular formula is C18H22F3IN4S. The van der Waals surface area contributed by atoms with E-state index in [0.29, 0.717) is 29.3 Å². The number of halogens is 4. The summed E-state index contributed by atoms with van der Waals surface area (Å²) in [4.78, 5) is 7.96. The second kappa shape index (κ2) is 9.72. The monoisotopic (exact) mass is 510 g/mol. The maximum Gasteiger partial charge on any atom is 0.434 e. The van der Waals surface area contributed by atoms with Gasteiger partial charge in [0.15, 0.2) is 11.7 Å². The molecule has 1 heterocycles. The first-order valence-electron chi connectivity index (χ1n) is 8.56. The Bertz CT molecular complexity index is 749. The van der Waals surface area contributed by atoms with Crippen molar-refractivity contribution in [3.8, 4) is 0 Å². The second-order valence-electron chi connectivity index (χ2n) is 6.21. The highest BCUT2D eigenvalue weighted by molar-refractivity contribution is 14.0. The van der Waals surface area contributed by atoms with Crippen LogP contribution in [0.2, 0.25) is 0 Å². The molecular weight excluding hydrogens is 488 g/mol. The summed E-state index contributed by atoms with van der Waals surface area (Å²) >= 11 is 0.977. The summed E-state index contributed by atoms with van der Waals surface area (Å²) < 4.78 is 37.8. The summed E-state index contributed by atoms with van der Waals surface area (Å²) in [5.74, 6) is 1.73. The van der Waals surface area contributed by atoms with E-state index in [4.69, 9.17) is 0 Å². The molecule has 0 radical (unpaired) electrons. The number of alkyl halides is 3. The highest BCUT2D eigenvalue weighted by Gasteiger charge is 2.38. The smallest absolute Gasteiger partial charge is 0.357 e. The third-order valence-electron chi connectivity index (χ3n) is 4.24. The first-order valence-corrected chi connectivity index (χ1v) is 9.44. The van der Waals surface area contributed by atoms with Crippen molar-refractivity contribution in [3.05, 3.63) is 52.0 Å². The Hall–Kier alpha value is -1.36. The molecule has 0 spiro atoms. The fraction of sp³-hybridized carbons (Fsp3) is 0.444. The number of guanidine groups is 1. The Labute approximate surface area is 177 Å². The lowest BCUT2D eigenvalue weighted by molar-refractivity contribution is -0.140. The normalized spacial score (nSPS) is 19.3. The molecule has 148 valence electrons. The average Bonchev–Trinajstić information content (AvgIpc) is 3.23. The molecule has 1 fully saturated rings. The molecule has 2 atom stereocenters. The summed E-state index contributed by atoms with van der Waals surface area (Å²) in [6, 6.07) is 10.4. The molecule has 3 rings (SSSR count). The van der Waals surface area contributed by atoms with Gasteiger partial charge in [-0.2, -0.15) is 13.2 Å².